The monoisotopic (exact) mass is 236 g/mol. The number of carbonyl (C=O) groups is 1. The first-order valence-electron chi connectivity index (χ1n) is 5.71. The molecule has 0 heterocycles. The van der Waals surface area contributed by atoms with Gasteiger partial charge in [0.15, 0.2) is 0 Å². The molecule has 1 atom stereocenters. The van der Waals surface area contributed by atoms with Crippen LogP contribution in [0.2, 0.25) is 0 Å². The van der Waals surface area contributed by atoms with Crippen LogP contribution in [0.4, 0.5) is 0 Å². The van der Waals surface area contributed by atoms with Crippen molar-refractivity contribution in [1.82, 2.24) is 0 Å². The smallest absolute Gasteiger partial charge is 0.313 e. The number of carbonyl (C=O) groups excluding carboxylic acids is 1. The first-order chi connectivity index (χ1) is 7.85. The minimum absolute atomic E-state index is 0.234. The molecule has 94 valence electrons. The fourth-order valence-electron chi connectivity index (χ4n) is 1.54. The lowest BCUT2D eigenvalue weighted by Crippen LogP contribution is -2.27. The third kappa shape index (κ3) is 3.77. The Balaban J connectivity index is 2.89. The normalized spacial score (nSPS) is 13.0. The van der Waals surface area contributed by atoms with E-state index < -0.39 is 5.60 Å². The third-order valence-corrected chi connectivity index (χ3v) is 2.37. The lowest BCUT2D eigenvalue weighted by molar-refractivity contribution is -0.156. The molecule has 1 rings (SSSR count). The van der Waals surface area contributed by atoms with Crippen LogP contribution in [0.1, 0.15) is 39.2 Å². The Kier molecular flexibility index (Phi) is 4.16. The molecular formula is C14H20O3. The van der Waals surface area contributed by atoms with Gasteiger partial charge in [-0.05, 0) is 33.8 Å². The van der Waals surface area contributed by atoms with Gasteiger partial charge in [0, 0.05) is 5.56 Å². The predicted molar refractivity (Wildman–Crippen MR) is 67.3 cm³/mol. The molecule has 3 heteroatoms. The van der Waals surface area contributed by atoms with Crippen LogP contribution in [0, 0.1) is 0 Å². The molecule has 0 spiro atoms. The number of benzene rings is 1. The SMILES string of the molecule is COc1ccccc1[C@@H](C)C(=O)OC(C)(C)C. The van der Waals surface area contributed by atoms with Crippen LogP contribution in [0.5, 0.6) is 5.75 Å². The highest BCUT2D eigenvalue weighted by molar-refractivity contribution is 5.79. The largest absolute Gasteiger partial charge is 0.496 e. The molecular weight excluding hydrogens is 216 g/mol. The van der Waals surface area contributed by atoms with Crippen molar-refractivity contribution in [3.63, 3.8) is 0 Å². The second kappa shape index (κ2) is 5.21. The third-order valence-electron chi connectivity index (χ3n) is 2.37. The maximum atomic E-state index is 11.9. The molecule has 0 N–H and O–H groups in total. The molecule has 3 nitrogen and oxygen atoms in total. The van der Waals surface area contributed by atoms with Gasteiger partial charge in [-0.2, -0.15) is 0 Å². The molecule has 0 aliphatic rings. The highest BCUT2D eigenvalue weighted by Crippen LogP contribution is 2.28. The summed E-state index contributed by atoms with van der Waals surface area (Å²) < 4.78 is 10.6. The number of hydrogen-bond donors (Lipinski definition) is 0. The highest BCUT2D eigenvalue weighted by atomic mass is 16.6. The molecule has 17 heavy (non-hydrogen) atoms. The average molecular weight is 236 g/mol. The number of methoxy groups -OCH3 is 1. The quantitative estimate of drug-likeness (QED) is 0.756. The van der Waals surface area contributed by atoms with E-state index in [-0.39, 0.29) is 11.9 Å². The van der Waals surface area contributed by atoms with Gasteiger partial charge in [-0.3, -0.25) is 4.79 Å². The second-order valence-corrected chi connectivity index (χ2v) is 5.00. The van der Waals surface area contributed by atoms with Crippen molar-refractivity contribution in [3.8, 4) is 5.75 Å². The molecule has 0 amide bonds. The summed E-state index contributed by atoms with van der Waals surface area (Å²) in [6.07, 6.45) is 0. The van der Waals surface area contributed by atoms with Crippen LogP contribution in [-0.2, 0) is 9.53 Å². The van der Waals surface area contributed by atoms with Crippen LogP contribution in [-0.4, -0.2) is 18.7 Å². The van der Waals surface area contributed by atoms with Gasteiger partial charge in [0.25, 0.3) is 0 Å². The Morgan fingerprint density at radius 3 is 2.35 bits per heavy atom. The average Bonchev–Trinajstić information content (AvgIpc) is 2.25. The standard InChI is InChI=1S/C14H20O3/c1-10(13(15)17-14(2,3)4)11-8-6-7-9-12(11)16-5/h6-10H,1-5H3/t10-/m1/s1. The predicted octanol–water partition coefficient (Wildman–Crippen LogP) is 3.14. The van der Waals surface area contributed by atoms with Gasteiger partial charge in [0.1, 0.15) is 11.4 Å². The van der Waals surface area contributed by atoms with E-state index >= 15 is 0 Å². The number of hydrogen-bond acceptors (Lipinski definition) is 3. The van der Waals surface area contributed by atoms with Crippen LogP contribution in [0.25, 0.3) is 0 Å². The zero-order chi connectivity index (χ0) is 13.1. The summed E-state index contributed by atoms with van der Waals surface area (Å²) >= 11 is 0. The lowest BCUT2D eigenvalue weighted by atomic mass is 10.00. The van der Waals surface area contributed by atoms with Gasteiger partial charge in [0.2, 0.25) is 0 Å². The Labute approximate surface area is 103 Å². The molecule has 0 aliphatic carbocycles. The Morgan fingerprint density at radius 1 is 1.24 bits per heavy atom. The van der Waals surface area contributed by atoms with Crippen molar-refractivity contribution in [2.75, 3.05) is 7.11 Å². The van der Waals surface area contributed by atoms with E-state index in [9.17, 15) is 4.79 Å². The first-order valence-corrected chi connectivity index (χ1v) is 5.71. The highest BCUT2D eigenvalue weighted by Gasteiger charge is 2.24. The molecule has 0 saturated heterocycles. The molecule has 0 aliphatic heterocycles. The zero-order valence-electron chi connectivity index (χ0n) is 11.1. The van der Waals surface area contributed by atoms with E-state index in [1.807, 2.05) is 52.0 Å². The van der Waals surface area contributed by atoms with Crippen molar-refractivity contribution in [1.29, 1.82) is 0 Å². The van der Waals surface area contributed by atoms with Crippen LogP contribution < -0.4 is 4.74 Å². The van der Waals surface area contributed by atoms with Crippen molar-refractivity contribution in [3.05, 3.63) is 29.8 Å². The van der Waals surface area contributed by atoms with E-state index in [0.29, 0.717) is 5.75 Å². The first kappa shape index (κ1) is 13.6. The summed E-state index contributed by atoms with van der Waals surface area (Å²) in [7, 11) is 1.60. The second-order valence-electron chi connectivity index (χ2n) is 5.00. The van der Waals surface area contributed by atoms with Gasteiger partial charge >= 0.3 is 5.97 Å². The zero-order valence-corrected chi connectivity index (χ0v) is 11.1. The van der Waals surface area contributed by atoms with Gasteiger partial charge in [-0.25, -0.2) is 0 Å². The molecule has 1 aromatic carbocycles. The van der Waals surface area contributed by atoms with Crippen LogP contribution in [0.15, 0.2) is 24.3 Å². The minimum Gasteiger partial charge on any atom is -0.496 e. The molecule has 1 aromatic rings. The number of para-hydroxylation sites is 1. The Hall–Kier alpha value is -1.51. The molecule has 0 fully saturated rings. The van der Waals surface area contributed by atoms with E-state index in [4.69, 9.17) is 9.47 Å². The maximum Gasteiger partial charge on any atom is 0.313 e. The van der Waals surface area contributed by atoms with Crippen LogP contribution in [0.3, 0.4) is 0 Å². The lowest BCUT2D eigenvalue weighted by Gasteiger charge is -2.23. The van der Waals surface area contributed by atoms with Gasteiger partial charge in [0.05, 0.1) is 13.0 Å². The maximum absolute atomic E-state index is 11.9. The van der Waals surface area contributed by atoms with E-state index in [1.54, 1.807) is 7.11 Å². The van der Waals surface area contributed by atoms with Crippen LogP contribution >= 0.6 is 0 Å². The van der Waals surface area contributed by atoms with Crippen molar-refractivity contribution in [2.45, 2.75) is 39.2 Å². The van der Waals surface area contributed by atoms with Crippen molar-refractivity contribution >= 4 is 5.97 Å². The van der Waals surface area contributed by atoms with E-state index in [1.165, 1.54) is 0 Å². The fraction of sp³-hybridized carbons (Fsp3) is 0.500. The molecule has 0 radical (unpaired) electrons. The molecule has 0 unspecified atom stereocenters. The minimum atomic E-state index is -0.465. The van der Waals surface area contributed by atoms with Gasteiger partial charge in [-0.1, -0.05) is 18.2 Å². The van der Waals surface area contributed by atoms with Crippen molar-refractivity contribution < 1.29 is 14.3 Å². The Morgan fingerprint density at radius 2 is 1.82 bits per heavy atom. The number of rotatable bonds is 3. The summed E-state index contributed by atoms with van der Waals surface area (Å²) in [4.78, 5) is 11.9. The van der Waals surface area contributed by atoms with E-state index in [0.717, 1.165) is 5.56 Å². The fourth-order valence-corrected chi connectivity index (χ4v) is 1.54. The summed E-state index contributed by atoms with van der Waals surface area (Å²) in [5.41, 5.74) is 0.386. The number of ether oxygens (including phenoxy) is 2. The number of esters is 1. The summed E-state index contributed by atoms with van der Waals surface area (Å²) in [5.74, 6) is 0.151. The molecule has 0 bridgehead atoms. The van der Waals surface area contributed by atoms with E-state index in [2.05, 4.69) is 0 Å². The van der Waals surface area contributed by atoms with Gasteiger partial charge < -0.3 is 9.47 Å². The van der Waals surface area contributed by atoms with Crippen molar-refractivity contribution in [2.24, 2.45) is 0 Å². The summed E-state index contributed by atoms with van der Waals surface area (Å²) in [6.45, 7) is 7.41. The summed E-state index contributed by atoms with van der Waals surface area (Å²) in [5, 5.41) is 0. The topological polar surface area (TPSA) is 35.5 Å². The Bertz CT molecular complexity index is 391. The molecule has 0 aromatic heterocycles. The summed E-state index contributed by atoms with van der Waals surface area (Å²) in [6, 6.07) is 7.49. The van der Waals surface area contributed by atoms with Gasteiger partial charge in [-0.15, -0.1) is 0 Å². The molecule has 0 saturated carbocycles.